The molecule has 0 radical (unpaired) electrons. The highest BCUT2D eigenvalue weighted by atomic mass is 16.5. The largest absolute Gasteiger partial charge is 0.493 e. The molecule has 0 aliphatic rings. The number of carbonyl (C=O) groups is 2. The summed E-state index contributed by atoms with van der Waals surface area (Å²) in [5.41, 5.74) is 1.96. The maximum absolute atomic E-state index is 12.8. The van der Waals surface area contributed by atoms with Crippen molar-refractivity contribution in [2.45, 2.75) is 13.8 Å². The highest BCUT2D eigenvalue weighted by molar-refractivity contribution is 6.05. The van der Waals surface area contributed by atoms with Gasteiger partial charge in [-0.05, 0) is 36.2 Å². The predicted octanol–water partition coefficient (Wildman–Crippen LogP) is 4.34. The van der Waals surface area contributed by atoms with Gasteiger partial charge in [-0.25, -0.2) is 9.48 Å². The first-order valence-electron chi connectivity index (χ1n) is 9.50. The number of methoxy groups -OCH3 is 1. The second kappa shape index (κ2) is 9.60. The fourth-order valence-electron chi connectivity index (χ4n) is 2.64. The Hall–Kier alpha value is -3.81. The van der Waals surface area contributed by atoms with Crippen molar-refractivity contribution < 1.29 is 19.1 Å². The first-order valence-corrected chi connectivity index (χ1v) is 9.50. The van der Waals surface area contributed by atoms with Gasteiger partial charge < -0.3 is 14.8 Å². The molecule has 0 bridgehead atoms. The monoisotopic (exact) mass is 408 g/mol. The van der Waals surface area contributed by atoms with Crippen molar-refractivity contribution >= 4 is 23.4 Å². The summed E-state index contributed by atoms with van der Waals surface area (Å²) in [5, 5.41) is 9.77. The minimum absolute atomic E-state index is 0.149. The zero-order valence-electron chi connectivity index (χ0n) is 17.1. The van der Waals surface area contributed by atoms with Crippen LogP contribution in [-0.4, -0.2) is 35.5 Å². The van der Waals surface area contributed by atoms with Gasteiger partial charge >= 0.3 is 6.09 Å². The molecule has 0 aliphatic carbocycles. The lowest BCUT2D eigenvalue weighted by Gasteiger charge is -2.10. The van der Waals surface area contributed by atoms with Crippen molar-refractivity contribution in [1.82, 2.24) is 9.78 Å². The smallest absolute Gasteiger partial charge is 0.411 e. The van der Waals surface area contributed by atoms with Gasteiger partial charge in [0.15, 0.2) is 11.4 Å². The molecule has 2 N–H and O–H groups in total. The Kier molecular flexibility index (Phi) is 6.69. The van der Waals surface area contributed by atoms with Crippen molar-refractivity contribution in [3.63, 3.8) is 0 Å². The number of hydrogen-bond donors (Lipinski definition) is 2. The van der Waals surface area contributed by atoms with E-state index in [9.17, 15) is 9.59 Å². The third-order valence-corrected chi connectivity index (χ3v) is 4.05. The Morgan fingerprint density at radius 1 is 1.03 bits per heavy atom. The van der Waals surface area contributed by atoms with Crippen molar-refractivity contribution in [2.24, 2.45) is 5.92 Å². The number of hydrogen-bond acceptors (Lipinski definition) is 5. The number of para-hydroxylation sites is 1. The summed E-state index contributed by atoms with van der Waals surface area (Å²) in [5.74, 6) is 0.163. The summed E-state index contributed by atoms with van der Waals surface area (Å²) in [4.78, 5) is 24.6. The maximum atomic E-state index is 12.8. The van der Waals surface area contributed by atoms with Crippen LogP contribution in [0, 0.1) is 5.92 Å². The lowest BCUT2D eigenvalue weighted by Crippen LogP contribution is -2.17. The van der Waals surface area contributed by atoms with Crippen molar-refractivity contribution in [3.8, 4) is 11.4 Å². The van der Waals surface area contributed by atoms with E-state index in [0.29, 0.717) is 23.7 Å². The minimum Gasteiger partial charge on any atom is -0.493 e. The van der Waals surface area contributed by atoms with Gasteiger partial charge in [0, 0.05) is 11.4 Å². The molecule has 0 atom stereocenters. The van der Waals surface area contributed by atoms with E-state index in [1.54, 1.807) is 35.1 Å². The Morgan fingerprint density at radius 2 is 1.73 bits per heavy atom. The van der Waals surface area contributed by atoms with Gasteiger partial charge in [0.05, 0.1) is 25.6 Å². The van der Waals surface area contributed by atoms with E-state index in [1.807, 2.05) is 44.2 Å². The topological polar surface area (TPSA) is 94.5 Å². The number of amides is 2. The van der Waals surface area contributed by atoms with Gasteiger partial charge in [-0.2, -0.15) is 5.10 Å². The molecule has 2 aromatic carbocycles. The van der Waals surface area contributed by atoms with Crippen LogP contribution in [0.25, 0.3) is 5.69 Å². The van der Waals surface area contributed by atoms with Crippen molar-refractivity contribution in [2.75, 3.05) is 24.4 Å². The molecular formula is C22H24N4O4. The van der Waals surface area contributed by atoms with Crippen LogP contribution in [0.3, 0.4) is 0 Å². The molecule has 156 valence electrons. The molecule has 0 saturated heterocycles. The summed E-state index contributed by atoms with van der Waals surface area (Å²) < 4.78 is 12.0. The highest BCUT2D eigenvalue weighted by Crippen LogP contribution is 2.22. The fraction of sp³-hybridized carbons (Fsp3) is 0.227. The third-order valence-electron chi connectivity index (χ3n) is 4.05. The molecule has 1 heterocycles. The van der Waals surface area contributed by atoms with Crippen LogP contribution in [0.4, 0.5) is 16.2 Å². The summed E-state index contributed by atoms with van der Waals surface area (Å²) in [6, 6.07) is 16.2. The quantitative estimate of drug-likeness (QED) is 0.607. The standard InChI is InChI=1S/C22H24N4O4/c1-15(2)14-30-22(28)24-17-9-7-8-16(12-17)23-21(27)20-19(29-3)13-26(25-20)18-10-5-4-6-11-18/h4-13,15H,14H2,1-3H3,(H,23,27)(H,24,28). The summed E-state index contributed by atoms with van der Waals surface area (Å²) in [6.45, 7) is 4.24. The predicted molar refractivity (Wildman–Crippen MR) is 114 cm³/mol. The second-order valence-corrected chi connectivity index (χ2v) is 6.98. The summed E-state index contributed by atoms with van der Waals surface area (Å²) in [6.07, 6.45) is 1.10. The fourth-order valence-corrected chi connectivity index (χ4v) is 2.64. The molecule has 0 spiro atoms. The van der Waals surface area contributed by atoms with E-state index >= 15 is 0 Å². The van der Waals surface area contributed by atoms with E-state index in [4.69, 9.17) is 9.47 Å². The van der Waals surface area contributed by atoms with Crippen LogP contribution in [0.15, 0.2) is 60.8 Å². The maximum Gasteiger partial charge on any atom is 0.411 e. The molecule has 30 heavy (non-hydrogen) atoms. The van der Waals surface area contributed by atoms with E-state index in [2.05, 4.69) is 15.7 Å². The average molecular weight is 408 g/mol. The molecule has 3 aromatic rings. The van der Waals surface area contributed by atoms with Gasteiger partial charge in [0.1, 0.15) is 0 Å². The van der Waals surface area contributed by atoms with Gasteiger partial charge in [0.25, 0.3) is 5.91 Å². The van der Waals surface area contributed by atoms with E-state index in [0.717, 1.165) is 5.69 Å². The molecule has 3 rings (SSSR count). The zero-order chi connectivity index (χ0) is 21.5. The molecule has 1 aromatic heterocycles. The van der Waals surface area contributed by atoms with Crippen LogP contribution in [0.2, 0.25) is 0 Å². The van der Waals surface area contributed by atoms with Crippen molar-refractivity contribution in [3.05, 3.63) is 66.5 Å². The zero-order valence-corrected chi connectivity index (χ0v) is 17.1. The lowest BCUT2D eigenvalue weighted by molar-refractivity contribution is 0.101. The molecule has 2 amide bonds. The first-order chi connectivity index (χ1) is 14.5. The number of ether oxygens (including phenoxy) is 2. The van der Waals surface area contributed by atoms with Gasteiger partial charge in [-0.3, -0.25) is 10.1 Å². The van der Waals surface area contributed by atoms with E-state index in [-0.39, 0.29) is 11.6 Å². The SMILES string of the molecule is COc1cn(-c2ccccc2)nc1C(=O)Nc1cccc(NC(=O)OCC(C)C)c1. The minimum atomic E-state index is -0.546. The Morgan fingerprint density at radius 3 is 2.40 bits per heavy atom. The Balaban J connectivity index is 1.72. The number of nitrogens with one attached hydrogen (secondary N) is 2. The Labute approximate surface area is 174 Å². The van der Waals surface area contributed by atoms with Crippen LogP contribution in [-0.2, 0) is 4.74 Å². The number of anilines is 2. The number of carbonyl (C=O) groups excluding carboxylic acids is 2. The number of aromatic nitrogens is 2. The number of nitrogens with zero attached hydrogens (tertiary/aromatic N) is 2. The number of benzene rings is 2. The van der Waals surface area contributed by atoms with Crippen molar-refractivity contribution in [1.29, 1.82) is 0 Å². The first kappa shape index (κ1) is 20.9. The van der Waals surface area contributed by atoms with E-state index < -0.39 is 12.0 Å². The normalized spacial score (nSPS) is 10.5. The molecule has 0 fully saturated rings. The lowest BCUT2D eigenvalue weighted by atomic mass is 10.2. The van der Waals surface area contributed by atoms with Crippen LogP contribution in [0.5, 0.6) is 5.75 Å². The van der Waals surface area contributed by atoms with Gasteiger partial charge in [0.2, 0.25) is 0 Å². The van der Waals surface area contributed by atoms with Crippen LogP contribution < -0.4 is 15.4 Å². The Bertz CT molecular complexity index is 1010. The van der Waals surface area contributed by atoms with Gasteiger partial charge in [-0.1, -0.05) is 38.1 Å². The van der Waals surface area contributed by atoms with Gasteiger partial charge in [-0.15, -0.1) is 0 Å². The second-order valence-electron chi connectivity index (χ2n) is 6.98. The molecule has 0 aliphatic heterocycles. The summed E-state index contributed by atoms with van der Waals surface area (Å²) >= 11 is 0. The molecular weight excluding hydrogens is 384 g/mol. The molecule has 0 saturated carbocycles. The van der Waals surface area contributed by atoms with Crippen LogP contribution in [0.1, 0.15) is 24.3 Å². The molecule has 0 unspecified atom stereocenters. The number of rotatable bonds is 7. The van der Waals surface area contributed by atoms with E-state index in [1.165, 1.54) is 7.11 Å². The molecule has 8 heteroatoms. The average Bonchev–Trinajstić information content (AvgIpc) is 3.18. The summed E-state index contributed by atoms with van der Waals surface area (Å²) in [7, 11) is 1.48. The highest BCUT2D eigenvalue weighted by Gasteiger charge is 2.19. The van der Waals surface area contributed by atoms with Crippen LogP contribution >= 0.6 is 0 Å². The third kappa shape index (κ3) is 5.38. The molecule has 8 nitrogen and oxygen atoms in total.